The molecule has 0 aliphatic rings. The molecule has 0 saturated carbocycles. The summed E-state index contributed by atoms with van der Waals surface area (Å²) in [5, 5.41) is 1.96. The fraction of sp³-hybridized carbons (Fsp3) is 0. The first-order valence-corrected chi connectivity index (χ1v) is 2.85. The lowest BCUT2D eigenvalue weighted by atomic mass is 10.7. The third-order valence-corrected chi connectivity index (χ3v) is 0.633. The van der Waals surface area contributed by atoms with Crippen molar-refractivity contribution < 1.29 is 4.79 Å². The Morgan fingerprint density at radius 2 is 2.00 bits per heavy atom. The molecule has 1 heterocycles. The normalized spacial score (nSPS) is 7.33. The van der Waals surface area contributed by atoms with Gasteiger partial charge < -0.3 is 5.73 Å². The quantitative estimate of drug-likeness (QED) is 0.448. The second kappa shape index (κ2) is 7.06. The largest absolute Gasteiger partial charge is 0.350 e. The summed E-state index contributed by atoms with van der Waals surface area (Å²) in [6.45, 7) is 0. The van der Waals surface area contributed by atoms with Gasteiger partial charge in [0.1, 0.15) is 6.33 Å². The van der Waals surface area contributed by atoms with E-state index in [0.29, 0.717) is 0 Å². The highest BCUT2D eigenvalue weighted by Crippen LogP contribution is 1.66. The lowest BCUT2D eigenvalue weighted by molar-refractivity contribution is 0.249. The number of hydrogen-bond donors (Lipinski definition) is 2. The molecule has 0 aromatic carbocycles. The van der Waals surface area contributed by atoms with Crippen molar-refractivity contribution in [2.45, 2.75) is 0 Å². The molecule has 0 aliphatic carbocycles. The third kappa shape index (κ3) is 7.95. The van der Waals surface area contributed by atoms with Crippen molar-refractivity contribution in [2.24, 2.45) is 11.0 Å². The minimum atomic E-state index is -0.940. The molecule has 0 saturated heterocycles. The Bertz CT molecular complexity index is 200. The SMILES string of the molecule is NC(=O)NN=O.c1cncnc1. The Kier molecular flexibility index (Phi) is 5.86. The van der Waals surface area contributed by atoms with E-state index in [1.807, 2.05) is 5.29 Å². The molecule has 64 valence electrons. The Morgan fingerprint density at radius 3 is 2.08 bits per heavy atom. The zero-order valence-corrected chi connectivity index (χ0v) is 6.04. The topological polar surface area (TPSA) is 110 Å². The van der Waals surface area contributed by atoms with Crippen LogP contribution in [-0.4, -0.2) is 16.0 Å². The average molecular weight is 169 g/mol. The van der Waals surface area contributed by atoms with Crippen LogP contribution >= 0.6 is 0 Å². The second-order valence-corrected chi connectivity index (χ2v) is 1.47. The summed E-state index contributed by atoms with van der Waals surface area (Å²) < 4.78 is 0. The van der Waals surface area contributed by atoms with Crippen LogP contribution in [0.25, 0.3) is 0 Å². The number of nitrogens with two attached hydrogens (primary N) is 1. The van der Waals surface area contributed by atoms with E-state index in [1.54, 1.807) is 18.5 Å². The molecule has 2 amide bonds. The molecular weight excluding hydrogens is 162 g/mol. The van der Waals surface area contributed by atoms with E-state index in [1.165, 1.54) is 11.8 Å². The lowest BCUT2D eigenvalue weighted by Crippen LogP contribution is -2.23. The van der Waals surface area contributed by atoms with Gasteiger partial charge in [-0.3, -0.25) is 0 Å². The molecule has 1 aromatic rings. The van der Waals surface area contributed by atoms with Gasteiger partial charge in [-0.05, 0) is 6.07 Å². The number of urea groups is 1. The van der Waals surface area contributed by atoms with Gasteiger partial charge in [-0.15, -0.1) is 4.91 Å². The summed E-state index contributed by atoms with van der Waals surface area (Å²) in [4.78, 5) is 25.7. The number of nitrogens with one attached hydrogen (secondary N) is 1. The predicted molar refractivity (Wildman–Crippen MR) is 40.5 cm³/mol. The fourth-order valence-corrected chi connectivity index (χ4v) is 0.298. The standard InChI is InChI=1S/C4H4N2.CH3N3O2/c1-2-5-4-6-3-1;2-1(5)3-4-6/h1-4H;(H3,2,3,5,6). The Morgan fingerprint density at radius 1 is 1.42 bits per heavy atom. The van der Waals surface area contributed by atoms with Crippen LogP contribution in [0.15, 0.2) is 30.1 Å². The Labute approximate surface area is 68.0 Å². The van der Waals surface area contributed by atoms with Crippen LogP contribution < -0.4 is 11.2 Å². The number of carbonyl (C=O) groups excluding carboxylic acids is 1. The van der Waals surface area contributed by atoms with Crippen molar-refractivity contribution in [1.82, 2.24) is 15.4 Å². The molecule has 3 N–H and O–H groups in total. The molecule has 7 heteroatoms. The molecule has 0 unspecified atom stereocenters. The summed E-state index contributed by atoms with van der Waals surface area (Å²) in [7, 11) is 0. The van der Waals surface area contributed by atoms with Gasteiger partial charge in [-0.1, -0.05) is 0 Å². The lowest BCUT2D eigenvalue weighted by Gasteiger charge is -1.77. The molecule has 0 atom stereocenters. The first-order chi connectivity index (χ1) is 5.77. The second-order valence-electron chi connectivity index (χ2n) is 1.47. The van der Waals surface area contributed by atoms with Crippen molar-refractivity contribution in [1.29, 1.82) is 0 Å². The zero-order chi connectivity index (χ0) is 9.23. The van der Waals surface area contributed by atoms with Gasteiger partial charge in [0, 0.05) is 12.4 Å². The summed E-state index contributed by atoms with van der Waals surface area (Å²) in [6, 6.07) is 0.838. The van der Waals surface area contributed by atoms with Crippen LogP contribution in [0.2, 0.25) is 0 Å². The van der Waals surface area contributed by atoms with Crippen LogP contribution in [0.4, 0.5) is 4.79 Å². The Hall–Kier alpha value is -2.05. The van der Waals surface area contributed by atoms with Gasteiger partial charge in [0.25, 0.3) is 0 Å². The van der Waals surface area contributed by atoms with Crippen LogP contribution in [0.3, 0.4) is 0 Å². The van der Waals surface area contributed by atoms with Crippen molar-refractivity contribution in [3.63, 3.8) is 0 Å². The number of nitroso groups, excluding NO2 is 1. The van der Waals surface area contributed by atoms with Crippen LogP contribution in [0.5, 0.6) is 0 Å². The molecule has 0 bridgehead atoms. The number of rotatable bonds is 1. The summed E-state index contributed by atoms with van der Waals surface area (Å²) in [5.41, 5.74) is 5.78. The van der Waals surface area contributed by atoms with Gasteiger partial charge in [-0.25, -0.2) is 14.8 Å². The van der Waals surface area contributed by atoms with E-state index < -0.39 is 6.03 Å². The molecule has 12 heavy (non-hydrogen) atoms. The van der Waals surface area contributed by atoms with Crippen LogP contribution in [0, 0.1) is 4.91 Å². The number of carbonyl (C=O) groups is 1. The van der Waals surface area contributed by atoms with Crippen molar-refractivity contribution >= 4 is 6.03 Å². The number of aromatic nitrogens is 2. The van der Waals surface area contributed by atoms with E-state index in [4.69, 9.17) is 4.91 Å². The first kappa shape index (κ1) is 9.95. The number of amides is 2. The van der Waals surface area contributed by atoms with Crippen LogP contribution in [0.1, 0.15) is 0 Å². The first-order valence-electron chi connectivity index (χ1n) is 2.85. The van der Waals surface area contributed by atoms with E-state index in [2.05, 4.69) is 15.7 Å². The molecule has 0 radical (unpaired) electrons. The summed E-state index contributed by atoms with van der Waals surface area (Å²) >= 11 is 0. The van der Waals surface area contributed by atoms with E-state index in [9.17, 15) is 4.79 Å². The highest BCUT2D eigenvalue weighted by molar-refractivity contribution is 5.70. The fourth-order valence-electron chi connectivity index (χ4n) is 0.298. The predicted octanol–water partition coefficient (Wildman–Crippen LogP) is -0.187. The van der Waals surface area contributed by atoms with Crippen LogP contribution in [-0.2, 0) is 0 Å². The molecule has 0 fully saturated rings. The highest BCUT2D eigenvalue weighted by atomic mass is 16.3. The third-order valence-electron chi connectivity index (χ3n) is 0.633. The van der Waals surface area contributed by atoms with E-state index in [0.717, 1.165) is 0 Å². The molecule has 7 nitrogen and oxygen atoms in total. The maximum atomic E-state index is 9.42. The molecular formula is C5H7N5O2. The van der Waals surface area contributed by atoms with Crippen molar-refractivity contribution in [2.75, 3.05) is 0 Å². The molecule has 1 rings (SSSR count). The van der Waals surface area contributed by atoms with Crippen molar-refractivity contribution in [3.8, 4) is 0 Å². The maximum Gasteiger partial charge on any atom is 0.335 e. The molecule has 0 spiro atoms. The highest BCUT2D eigenvalue weighted by Gasteiger charge is 1.80. The van der Waals surface area contributed by atoms with Gasteiger partial charge in [0.15, 0.2) is 0 Å². The monoisotopic (exact) mass is 169 g/mol. The number of nitrogens with zero attached hydrogens (tertiary/aromatic N) is 3. The summed E-state index contributed by atoms with van der Waals surface area (Å²) in [6.07, 6.45) is 4.88. The summed E-state index contributed by atoms with van der Waals surface area (Å²) in [5.74, 6) is 0. The van der Waals surface area contributed by atoms with Gasteiger partial charge in [-0.2, -0.15) is 5.43 Å². The molecule has 1 aromatic heterocycles. The van der Waals surface area contributed by atoms with Gasteiger partial charge in [0.05, 0.1) is 5.29 Å². The molecule has 0 aliphatic heterocycles. The van der Waals surface area contributed by atoms with E-state index in [-0.39, 0.29) is 0 Å². The smallest absolute Gasteiger partial charge is 0.335 e. The zero-order valence-electron chi connectivity index (χ0n) is 6.04. The van der Waals surface area contributed by atoms with E-state index >= 15 is 0 Å². The minimum absolute atomic E-state index is 0.940. The average Bonchev–Trinajstić information content (AvgIpc) is 2.08. The maximum absolute atomic E-state index is 9.42. The Balaban J connectivity index is 0.000000202. The van der Waals surface area contributed by atoms with Gasteiger partial charge in [0.2, 0.25) is 0 Å². The number of hydrogen-bond acceptors (Lipinski definition) is 5. The van der Waals surface area contributed by atoms with Crippen molar-refractivity contribution in [3.05, 3.63) is 29.7 Å². The minimum Gasteiger partial charge on any atom is -0.350 e. The number of primary amides is 1. The van der Waals surface area contributed by atoms with Gasteiger partial charge >= 0.3 is 6.03 Å².